The van der Waals surface area contributed by atoms with Gasteiger partial charge in [0.05, 0.1) is 0 Å². The number of halogens is 1. The summed E-state index contributed by atoms with van der Waals surface area (Å²) in [5.41, 5.74) is 2.17. The zero-order valence-corrected chi connectivity index (χ0v) is 11.8. The van der Waals surface area contributed by atoms with E-state index in [2.05, 4.69) is 11.7 Å². The largest absolute Gasteiger partial charge is 0.511 e. The molecule has 0 fully saturated rings. The first-order valence-corrected chi connectivity index (χ1v) is 6.90. The van der Waals surface area contributed by atoms with Crippen LogP contribution >= 0.6 is 0 Å². The average Bonchev–Trinajstić information content (AvgIpc) is 2.46. The summed E-state index contributed by atoms with van der Waals surface area (Å²) in [5.74, 6) is -0.0540. The Hall–Kier alpha value is -2.36. The molecule has 0 radical (unpaired) electrons. The van der Waals surface area contributed by atoms with Gasteiger partial charge in [-0.2, -0.15) is 0 Å². The first-order chi connectivity index (χ1) is 10.1. The first kappa shape index (κ1) is 15.0. The molecular weight excluding hydrogens is 271 g/mol. The van der Waals surface area contributed by atoms with E-state index >= 15 is 0 Å². The molecule has 0 heterocycles. The van der Waals surface area contributed by atoms with Crippen molar-refractivity contribution in [3.63, 3.8) is 0 Å². The van der Waals surface area contributed by atoms with E-state index in [-0.39, 0.29) is 11.6 Å². The lowest BCUT2D eigenvalue weighted by molar-refractivity contribution is 0.144. The van der Waals surface area contributed by atoms with Crippen LogP contribution in [0.1, 0.15) is 25.3 Å². The Balaban J connectivity index is 2.19. The summed E-state index contributed by atoms with van der Waals surface area (Å²) in [6.45, 7) is 2.10. The number of carbonyl (C=O) groups is 1. The highest BCUT2D eigenvalue weighted by molar-refractivity contribution is 5.67. The van der Waals surface area contributed by atoms with Gasteiger partial charge in [-0.3, -0.25) is 0 Å². The van der Waals surface area contributed by atoms with Crippen molar-refractivity contribution in [2.75, 3.05) is 0 Å². The van der Waals surface area contributed by atoms with Gasteiger partial charge in [0, 0.05) is 5.56 Å². The van der Waals surface area contributed by atoms with Crippen LogP contribution in [0.2, 0.25) is 0 Å². The Bertz CT molecular complexity index is 620. The van der Waals surface area contributed by atoms with E-state index < -0.39 is 6.16 Å². The van der Waals surface area contributed by atoms with Gasteiger partial charge in [-0.05, 0) is 42.2 Å². The lowest BCUT2D eigenvalue weighted by Gasteiger charge is -2.07. The van der Waals surface area contributed by atoms with Gasteiger partial charge in [-0.1, -0.05) is 37.6 Å². The van der Waals surface area contributed by atoms with Crippen LogP contribution in [0.3, 0.4) is 0 Å². The third-order valence-corrected chi connectivity index (χ3v) is 3.22. The Morgan fingerprint density at radius 2 is 1.90 bits per heavy atom. The maximum Gasteiger partial charge on any atom is 0.511 e. The zero-order chi connectivity index (χ0) is 15.2. The van der Waals surface area contributed by atoms with E-state index in [4.69, 9.17) is 5.11 Å². The Labute approximate surface area is 123 Å². The number of unbranched alkanes of at least 4 members (excludes halogenated alkanes) is 1. The molecule has 2 aromatic carbocycles. The predicted octanol–water partition coefficient (Wildman–Crippen LogP) is 4.89. The quantitative estimate of drug-likeness (QED) is 0.629. The maximum absolute atomic E-state index is 14.1. The molecule has 0 aromatic heterocycles. The summed E-state index contributed by atoms with van der Waals surface area (Å²) in [6, 6.07) is 11.5. The highest BCUT2D eigenvalue weighted by Crippen LogP contribution is 2.26. The number of benzene rings is 2. The molecule has 0 atom stereocenters. The smallest absolute Gasteiger partial charge is 0.449 e. The molecule has 0 spiro atoms. The number of hydrogen-bond donors (Lipinski definition) is 1. The molecule has 0 saturated carbocycles. The van der Waals surface area contributed by atoms with Crippen LogP contribution in [0.15, 0.2) is 42.5 Å². The van der Waals surface area contributed by atoms with Gasteiger partial charge in [-0.25, -0.2) is 9.18 Å². The van der Waals surface area contributed by atoms with E-state index in [9.17, 15) is 9.18 Å². The van der Waals surface area contributed by atoms with Crippen molar-refractivity contribution >= 4 is 6.16 Å². The molecule has 0 aliphatic carbocycles. The van der Waals surface area contributed by atoms with Gasteiger partial charge in [0.1, 0.15) is 11.6 Å². The van der Waals surface area contributed by atoms with Crippen molar-refractivity contribution in [1.82, 2.24) is 0 Å². The molecule has 0 amide bonds. The number of ether oxygens (including phenoxy) is 1. The van der Waals surface area contributed by atoms with Gasteiger partial charge in [-0.15, -0.1) is 0 Å². The summed E-state index contributed by atoms with van der Waals surface area (Å²) >= 11 is 0. The molecule has 2 rings (SSSR count). The molecule has 0 unspecified atom stereocenters. The Kier molecular flexibility index (Phi) is 4.93. The molecule has 2 aromatic rings. The summed E-state index contributed by atoms with van der Waals surface area (Å²) in [5, 5.41) is 8.52. The SMILES string of the molecule is CCCCc1ccc(-c2ccc(OC(=O)O)cc2)c(F)c1. The third kappa shape index (κ3) is 4.05. The van der Waals surface area contributed by atoms with Crippen LogP contribution in [0, 0.1) is 5.82 Å². The van der Waals surface area contributed by atoms with Crippen molar-refractivity contribution in [2.24, 2.45) is 0 Å². The molecule has 110 valence electrons. The lowest BCUT2D eigenvalue weighted by atomic mass is 10.0. The normalized spacial score (nSPS) is 10.4. The summed E-state index contributed by atoms with van der Waals surface area (Å²) in [6.07, 6.45) is 1.63. The second kappa shape index (κ2) is 6.88. The van der Waals surface area contributed by atoms with Crippen LogP contribution in [-0.2, 0) is 6.42 Å². The summed E-state index contributed by atoms with van der Waals surface area (Å²) < 4.78 is 18.7. The fourth-order valence-electron chi connectivity index (χ4n) is 2.13. The van der Waals surface area contributed by atoms with Gasteiger partial charge >= 0.3 is 6.16 Å². The second-order valence-electron chi connectivity index (χ2n) is 4.81. The number of hydrogen-bond acceptors (Lipinski definition) is 2. The minimum Gasteiger partial charge on any atom is -0.449 e. The van der Waals surface area contributed by atoms with Gasteiger partial charge in [0.15, 0.2) is 0 Å². The highest BCUT2D eigenvalue weighted by Gasteiger charge is 2.07. The molecule has 3 nitrogen and oxygen atoms in total. The van der Waals surface area contributed by atoms with E-state index in [0.717, 1.165) is 24.8 Å². The zero-order valence-electron chi connectivity index (χ0n) is 11.8. The fourth-order valence-corrected chi connectivity index (χ4v) is 2.13. The van der Waals surface area contributed by atoms with Crippen molar-refractivity contribution in [2.45, 2.75) is 26.2 Å². The van der Waals surface area contributed by atoms with E-state index in [0.29, 0.717) is 11.1 Å². The fraction of sp³-hybridized carbons (Fsp3) is 0.235. The molecule has 21 heavy (non-hydrogen) atoms. The summed E-state index contributed by atoms with van der Waals surface area (Å²) in [4.78, 5) is 10.4. The standard InChI is InChI=1S/C17H17FO3/c1-2-3-4-12-5-10-15(16(18)11-12)13-6-8-14(9-7-13)21-17(19)20/h5-11H,2-4H2,1H3,(H,19,20). The molecule has 0 aliphatic rings. The van der Waals surface area contributed by atoms with Gasteiger partial charge < -0.3 is 9.84 Å². The van der Waals surface area contributed by atoms with Crippen LogP contribution in [0.5, 0.6) is 5.75 Å². The third-order valence-electron chi connectivity index (χ3n) is 3.22. The van der Waals surface area contributed by atoms with Gasteiger partial charge in [0.25, 0.3) is 0 Å². The Morgan fingerprint density at radius 3 is 2.48 bits per heavy atom. The average molecular weight is 288 g/mol. The van der Waals surface area contributed by atoms with E-state index in [1.54, 1.807) is 24.3 Å². The predicted molar refractivity (Wildman–Crippen MR) is 79.1 cm³/mol. The van der Waals surface area contributed by atoms with E-state index in [1.807, 2.05) is 6.07 Å². The van der Waals surface area contributed by atoms with E-state index in [1.165, 1.54) is 12.1 Å². The molecule has 0 saturated heterocycles. The first-order valence-electron chi connectivity index (χ1n) is 6.90. The van der Waals surface area contributed by atoms with Crippen LogP contribution in [0.4, 0.5) is 9.18 Å². The molecule has 0 bridgehead atoms. The monoisotopic (exact) mass is 288 g/mol. The molecule has 4 heteroatoms. The minimum absolute atomic E-state index is 0.214. The maximum atomic E-state index is 14.1. The molecule has 1 N–H and O–H groups in total. The van der Waals surface area contributed by atoms with Crippen molar-refractivity contribution in [3.05, 3.63) is 53.8 Å². The van der Waals surface area contributed by atoms with Crippen LogP contribution in [0.25, 0.3) is 11.1 Å². The number of rotatable bonds is 5. The Morgan fingerprint density at radius 1 is 1.19 bits per heavy atom. The molecule has 0 aliphatic heterocycles. The second-order valence-corrected chi connectivity index (χ2v) is 4.81. The number of aryl methyl sites for hydroxylation is 1. The highest BCUT2D eigenvalue weighted by atomic mass is 19.1. The van der Waals surface area contributed by atoms with Crippen molar-refractivity contribution < 1.29 is 19.0 Å². The topological polar surface area (TPSA) is 46.5 Å². The van der Waals surface area contributed by atoms with Gasteiger partial charge in [0.2, 0.25) is 0 Å². The minimum atomic E-state index is -1.37. The summed E-state index contributed by atoms with van der Waals surface area (Å²) in [7, 11) is 0. The molecular formula is C17H17FO3. The van der Waals surface area contributed by atoms with Crippen LogP contribution in [-0.4, -0.2) is 11.3 Å². The lowest BCUT2D eigenvalue weighted by Crippen LogP contribution is -2.02. The number of carboxylic acid groups (broad SMARTS) is 1. The van der Waals surface area contributed by atoms with Crippen LogP contribution < -0.4 is 4.74 Å². The van der Waals surface area contributed by atoms with Crippen molar-refractivity contribution in [1.29, 1.82) is 0 Å². The van der Waals surface area contributed by atoms with Crippen molar-refractivity contribution in [3.8, 4) is 16.9 Å².